The van der Waals surface area contributed by atoms with Gasteiger partial charge in [-0.25, -0.2) is 4.79 Å². The Morgan fingerprint density at radius 1 is 1.58 bits per heavy atom. The lowest BCUT2D eigenvalue weighted by Gasteiger charge is -2.08. The van der Waals surface area contributed by atoms with Crippen LogP contribution in [0.4, 0.5) is 0 Å². The van der Waals surface area contributed by atoms with Gasteiger partial charge in [-0.1, -0.05) is 0 Å². The maximum absolute atomic E-state index is 10.8. The largest absolute Gasteiger partial charge is 0.481 e. The number of rotatable bonds is 5. The van der Waals surface area contributed by atoms with Crippen molar-refractivity contribution < 1.29 is 24.6 Å². The Morgan fingerprint density at radius 2 is 2.17 bits per heavy atom. The van der Waals surface area contributed by atoms with Crippen molar-refractivity contribution in [1.82, 2.24) is 5.48 Å². The van der Waals surface area contributed by atoms with E-state index >= 15 is 0 Å². The summed E-state index contributed by atoms with van der Waals surface area (Å²) >= 11 is 0. The van der Waals surface area contributed by atoms with Gasteiger partial charge in [0.25, 0.3) is 0 Å². The third-order valence-corrected chi connectivity index (χ3v) is 1.20. The van der Waals surface area contributed by atoms with Crippen LogP contribution in [-0.4, -0.2) is 35.8 Å². The Morgan fingerprint density at radius 3 is 2.50 bits per heavy atom. The minimum atomic E-state index is -1.30. The Kier molecular flexibility index (Phi) is 4.98. The molecule has 6 nitrogen and oxygen atoms in total. The van der Waals surface area contributed by atoms with E-state index in [4.69, 9.17) is 10.2 Å². The molecule has 0 aliphatic heterocycles. The van der Waals surface area contributed by atoms with Gasteiger partial charge in [-0.2, -0.15) is 5.48 Å². The number of hydrogen-bond acceptors (Lipinski definition) is 5. The van der Waals surface area contributed by atoms with Crippen molar-refractivity contribution in [2.75, 3.05) is 13.7 Å². The summed E-state index contributed by atoms with van der Waals surface area (Å²) in [5, 5.41) is 16.9. The molecule has 0 amide bonds. The zero-order chi connectivity index (χ0) is 9.56. The third-order valence-electron chi connectivity index (χ3n) is 1.20. The number of aliphatic carboxylic acids is 1. The van der Waals surface area contributed by atoms with Crippen LogP contribution in [0.5, 0.6) is 0 Å². The van der Waals surface area contributed by atoms with E-state index in [1.807, 2.05) is 0 Å². The van der Waals surface area contributed by atoms with E-state index in [9.17, 15) is 9.59 Å². The summed E-state index contributed by atoms with van der Waals surface area (Å²) in [4.78, 5) is 25.4. The van der Waals surface area contributed by atoms with Gasteiger partial charge in [0, 0.05) is 13.7 Å². The first-order valence-electron chi connectivity index (χ1n) is 3.34. The lowest BCUT2D eigenvalue weighted by molar-refractivity contribution is -0.163. The van der Waals surface area contributed by atoms with Crippen molar-refractivity contribution in [3.05, 3.63) is 0 Å². The minimum Gasteiger partial charge on any atom is -0.481 e. The molecular weight excluding hydrogens is 166 g/mol. The fourth-order valence-electron chi connectivity index (χ4n) is 0.643. The standard InChI is InChI=1S/C6H11NO5/c1-7-12-6(11)4(2-3-8)5(9)10/h4,7-8H,2-3H2,1H3,(H,9,10). The summed E-state index contributed by atoms with van der Waals surface area (Å²) in [6, 6.07) is 0. The molecule has 12 heavy (non-hydrogen) atoms. The Balaban J connectivity index is 4.09. The van der Waals surface area contributed by atoms with Crippen molar-refractivity contribution in [2.24, 2.45) is 5.92 Å². The second-order valence-corrected chi connectivity index (χ2v) is 2.03. The van der Waals surface area contributed by atoms with E-state index in [0.717, 1.165) is 0 Å². The number of aliphatic hydroxyl groups excluding tert-OH is 1. The van der Waals surface area contributed by atoms with Crippen LogP contribution in [0.2, 0.25) is 0 Å². The summed E-state index contributed by atoms with van der Waals surface area (Å²) in [5.74, 6) is -3.51. The molecule has 0 saturated carbocycles. The monoisotopic (exact) mass is 177 g/mol. The zero-order valence-electron chi connectivity index (χ0n) is 6.61. The Hall–Kier alpha value is -1.14. The van der Waals surface area contributed by atoms with Gasteiger partial charge in [0.1, 0.15) is 0 Å². The summed E-state index contributed by atoms with van der Waals surface area (Å²) in [5.41, 5.74) is 2.07. The first kappa shape index (κ1) is 10.9. The molecule has 0 fully saturated rings. The molecule has 70 valence electrons. The molecule has 6 heteroatoms. The van der Waals surface area contributed by atoms with Crippen molar-refractivity contribution in [3.63, 3.8) is 0 Å². The summed E-state index contributed by atoms with van der Waals surface area (Å²) < 4.78 is 0. The molecule has 1 atom stereocenters. The second kappa shape index (κ2) is 5.50. The van der Waals surface area contributed by atoms with Gasteiger partial charge in [-0.15, -0.1) is 0 Å². The summed E-state index contributed by atoms with van der Waals surface area (Å²) in [7, 11) is 1.34. The van der Waals surface area contributed by atoms with Crippen molar-refractivity contribution in [3.8, 4) is 0 Å². The molecule has 0 aromatic rings. The van der Waals surface area contributed by atoms with Crippen LogP contribution in [0.3, 0.4) is 0 Å². The van der Waals surface area contributed by atoms with Crippen LogP contribution in [0.1, 0.15) is 6.42 Å². The van der Waals surface area contributed by atoms with Crippen molar-refractivity contribution in [2.45, 2.75) is 6.42 Å². The predicted molar refractivity (Wildman–Crippen MR) is 38.0 cm³/mol. The zero-order valence-corrected chi connectivity index (χ0v) is 6.61. The number of carboxylic acid groups (broad SMARTS) is 1. The topological polar surface area (TPSA) is 95.9 Å². The van der Waals surface area contributed by atoms with Gasteiger partial charge in [-0.3, -0.25) is 4.79 Å². The van der Waals surface area contributed by atoms with Gasteiger partial charge in [-0.05, 0) is 6.42 Å². The van der Waals surface area contributed by atoms with Gasteiger partial charge < -0.3 is 15.1 Å². The number of carbonyl (C=O) groups excluding carboxylic acids is 1. The van der Waals surface area contributed by atoms with Crippen LogP contribution in [0.15, 0.2) is 0 Å². The number of carboxylic acids is 1. The highest BCUT2D eigenvalue weighted by Crippen LogP contribution is 2.04. The van der Waals surface area contributed by atoms with Crippen LogP contribution >= 0.6 is 0 Å². The van der Waals surface area contributed by atoms with E-state index in [2.05, 4.69) is 10.3 Å². The van der Waals surface area contributed by atoms with E-state index in [1.165, 1.54) is 7.05 Å². The molecule has 0 heterocycles. The van der Waals surface area contributed by atoms with Crippen LogP contribution in [-0.2, 0) is 14.4 Å². The third kappa shape index (κ3) is 3.31. The highest BCUT2D eigenvalue weighted by molar-refractivity contribution is 5.93. The number of nitrogens with one attached hydrogen (secondary N) is 1. The normalized spacial score (nSPS) is 12.2. The first-order chi connectivity index (χ1) is 5.63. The number of aliphatic hydroxyl groups is 1. The molecule has 0 rings (SSSR count). The minimum absolute atomic E-state index is 0.143. The van der Waals surface area contributed by atoms with Gasteiger partial charge in [0.2, 0.25) is 0 Å². The fourth-order valence-corrected chi connectivity index (χ4v) is 0.643. The smallest absolute Gasteiger partial charge is 0.339 e. The second-order valence-electron chi connectivity index (χ2n) is 2.03. The first-order valence-corrected chi connectivity index (χ1v) is 3.34. The average Bonchev–Trinajstić information content (AvgIpc) is 1.99. The molecule has 0 radical (unpaired) electrons. The lowest BCUT2D eigenvalue weighted by Crippen LogP contribution is -2.30. The van der Waals surface area contributed by atoms with Gasteiger partial charge >= 0.3 is 11.9 Å². The fraction of sp³-hybridized carbons (Fsp3) is 0.667. The Labute approximate surface area is 69.1 Å². The maximum Gasteiger partial charge on any atom is 0.339 e. The van der Waals surface area contributed by atoms with E-state index in [1.54, 1.807) is 0 Å². The SMILES string of the molecule is CNOC(=O)C(CCO)C(=O)O. The number of carbonyl (C=O) groups is 2. The van der Waals surface area contributed by atoms with Crippen LogP contribution in [0.25, 0.3) is 0 Å². The maximum atomic E-state index is 10.8. The predicted octanol–water partition coefficient (Wildman–Crippen LogP) is -1.25. The van der Waals surface area contributed by atoms with Crippen LogP contribution in [0, 0.1) is 5.92 Å². The van der Waals surface area contributed by atoms with Gasteiger partial charge in [0.05, 0.1) is 0 Å². The molecule has 0 aromatic carbocycles. The van der Waals surface area contributed by atoms with E-state index < -0.39 is 17.9 Å². The molecule has 0 aromatic heterocycles. The summed E-state index contributed by atoms with van der Waals surface area (Å²) in [6.07, 6.45) is -0.143. The van der Waals surface area contributed by atoms with Crippen LogP contribution < -0.4 is 5.48 Å². The number of hydroxylamine groups is 1. The number of hydrogen-bond donors (Lipinski definition) is 3. The molecule has 0 saturated heterocycles. The summed E-state index contributed by atoms with van der Waals surface area (Å²) in [6.45, 7) is -0.365. The quantitative estimate of drug-likeness (QED) is 0.358. The highest BCUT2D eigenvalue weighted by atomic mass is 16.7. The Bertz CT molecular complexity index is 169. The van der Waals surface area contributed by atoms with Gasteiger partial charge in [0.15, 0.2) is 5.92 Å². The van der Waals surface area contributed by atoms with Crippen molar-refractivity contribution in [1.29, 1.82) is 0 Å². The molecule has 3 N–H and O–H groups in total. The van der Waals surface area contributed by atoms with E-state index in [0.29, 0.717) is 0 Å². The van der Waals surface area contributed by atoms with E-state index in [-0.39, 0.29) is 13.0 Å². The molecule has 1 unspecified atom stereocenters. The molecule has 0 aliphatic carbocycles. The highest BCUT2D eigenvalue weighted by Gasteiger charge is 2.27. The van der Waals surface area contributed by atoms with Crippen molar-refractivity contribution >= 4 is 11.9 Å². The molecule has 0 aliphatic rings. The molecule has 0 bridgehead atoms. The molecular formula is C6H11NO5. The molecule has 0 spiro atoms. The average molecular weight is 177 g/mol. The lowest BCUT2D eigenvalue weighted by atomic mass is 10.1.